The minimum Gasteiger partial charge on any atom is -0.421 e. The molecule has 8 nitrogen and oxygen atoms in total. The third kappa shape index (κ3) is 4.29. The fourth-order valence-electron chi connectivity index (χ4n) is 2.36. The topological polar surface area (TPSA) is 115 Å². The molecule has 0 aliphatic heterocycles. The van der Waals surface area contributed by atoms with Gasteiger partial charge in [-0.3, -0.25) is 4.79 Å². The van der Waals surface area contributed by atoms with Gasteiger partial charge >= 0.3 is 11.7 Å². The average Bonchev–Trinajstić information content (AvgIpc) is 2.62. The van der Waals surface area contributed by atoms with E-state index in [1.807, 2.05) is 0 Å². The molecule has 0 saturated heterocycles. The number of hydrogen-bond acceptors (Lipinski definition) is 6. The third-order valence-electron chi connectivity index (χ3n) is 3.82. The molecule has 0 unspecified atom stereocenters. The predicted octanol–water partition coefficient (Wildman–Crippen LogP) is 2.69. The van der Waals surface area contributed by atoms with Gasteiger partial charge in [-0.15, -0.1) is 0 Å². The second-order valence-electron chi connectivity index (χ2n) is 6.11. The molecular weight excluding hydrogens is 362 g/mol. The van der Waals surface area contributed by atoms with E-state index in [4.69, 9.17) is 14.9 Å². The number of carbonyl (C=O) groups excluding carboxylic acids is 2. The Morgan fingerprint density at radius 2 is 2.00 bits per heavy atom. The van der Waals surface area contributed by atoms with Crippen molar-refractivity contribution in [3.8, 4) is 5.75 Å². The highest BCUT2D eigenvalue weighted by Crippen LogP contribution is 2.26. The summed E-state index contributed by atoms with van der Waals surface area (Å²) in [5.41, 5.74) is 5.65. The highest BCUT2D eigenvalue weighted by atomic mass is 16.6. The van der Waals surface area contributed by atoms with Crippen LogP contribution in [-0.2, 0) is 4.79 Å². The molecule has 3 N–H and O–H groups in total. The summed E-state index contributed by atoms with van der Waals surface area (Å²) in [5.74, 6) is -0.389. The molecule has 1 heterocycles. The Hall–Kier alpha value is -3.81. The summed E-state index contributed by atoms with van der Waals surface area (Å²) >= 11 is 0. The number of nitrogens with one attached hydrogen (secondary N) is 1. The monoisotopic (exact) mass is 383 g/mol. The van der Waals surface area contributed by atoms with Crippen molar-refractivity contribution in [3.63, 3.8) is 0 Å². The van der Waals surface area contributed by atoms with Crippen LogP contribution in [0.5, 0.6) is 5.75 Å². The van der Waals surface area contributed by atoms with Gasteiger partial charge < -0.3 is 25.1 Å². The van der Waals surface area contributed by atoms with Crippen molar-refractivity contribution in [3.05, 3.63) is 70.8 Å². The molecule has 1 aromatic carbocycles. The van der Waals surface area contributed by atoms with Crippen molar-refractivity contribution in [2.45, 2.75) is 6.92 Å². The number of aryl methyl sites for hydroxylation is 1. The molecule has 2 aromatic rings. The molecule has 0 fully saturated rings. The molecule has 28 heavy (non-hydrogen) atoms. The number of anilines is 1. The van der Waals surface area contributed by atoms with Gasteiger partial charge in [0.25, 0.3) is 5.91 Å². The van der Waals surface area contributed by atoms with E-state index in [9.17, 15) is 14.4 Å². The summed E-state index contributed by atoms with van der Waals surface area (Å²) in [7, 11) is 3.10. The molecule has 0 radical (unpaired) electrons. The Morgan fingerprint density at radius 3 is 2.57 bits per heavy atom. The molecule has 0 spiro atoms. The minimum absolute atomic E-state index is 0.0215. The van der Waals surface area contributed by atoms with Gasteiger partial charge in [0.15, 0.2) is 0 Å². The first-order valence-electron chi connectivity index (χ1n) is 8.21. The molecule has 0 saturated carbocycles. The minimum atomic E-state index is -0.755. The van der Waals surface area contributed by atoms with Crippen molar-refractivity contribution in [2.75, 3.05) is 19.4 Å². The summed E-state index contributed by atoms with van der Waals surface area (Å²) < 4.78 is 10.4. The highest BCUT2D eigenvalue weighted by molar-refractivity contribution is 6.07. The quantitative estimate of drug-likeness (QED) is 0.466. The first-order valence-corrected chi connectivity index (χ1v) is 8.21. The molecule has 0 aliphatic carbocycles. The normalized spacial score (nSPS) is 11.0. The van der Waals surface area contributed by atoms with E-state index in [-0.39, 0.29) is 28.3 Å². The lowest BCUT2D eigenvalue weighted by Gasteiger charge is -2.13. The molecular formula is C20H21N3O5. The number of carbonyl (C=O) groups is 2. The van der Waals surface area contributed by atoms with E-state index in [0.29, 0.717) is 10.9 Å². The number of nitrogens with two attached hydrogens (primary N) is 1. The van der Waals surface area contributed by atoms with E-state index >= 15 is 0 Å². The summed E-state index contributed by atoms with van der Waals surface area (Å²) in [6, 6.07) is 4.62. The van der Waals surface area contributed by atoms with Crippen molar-refractivity contribution in [1.29, 1.82) is 0 Å². The van der Waals surface area contributed by atoms with Crippen LogP contribution in [0.1, 0.15) is 5.56 Å². The van der Waals surface area contributed by atoms with Crippen LogP contribution < -0.4 is 21.4 Å². The molecule has 0 atom stereocenters. The van der Waals surface area contributed by atoms with Crippen molar-refractivity contribution in [2.24, 2.45) is 5.73 Å². The van der Waals surface area contributed by atoms with Crippen molar-refractivity contribution in [1.82, 2.24) is 4.90 Å². The lowest BCUT2D eigenvalue weighted by molar-refractivity contribution is -0.112. The maximum Gasteiger partial charge on any atom is 0.414 e. The first-order chi connectivity index (χ1) is 13.1. The SMILES string of the molecule is C=C/C=C(\C(=C)N)C(=O)Nc1c(C)c2ccc(OC(=O)N(C)C)cc2oc1=O. The van der Waals surface area contributed by atoms with Gasteiger partial charge in [0, 0.05) is 31.2 Å². The Labute approximate surface area is 161 Å². The van der Waals surface area contributed by atoms with Gasteiger partial charge in [0.2, 0.25) is 0 Å². The second-order valence-corrected chi connectivity index (χ2v) is 6.11. The van der Waals surface area contributed by atoms with E-state index in [1.54, 1.807) is 33.2 Å². The number of ether oxygens (including phenoxy) is 1. The van der Waals surface area contributed by atoms with E-state index < -0.39 is 17.6 Å². The second kappa shape index (κ2) is 8.26. The Balaban J connectivity index is 2.44. The smallest absolute Gasteiger partial charge is 0.414 e. The predicted molar refractivity (Wildman–Crippen MR) is 107 cm³/mol. The summed E-state index contributed by atoms with van der Waals surface area (Å²) in [4.78, 5) is 37.7. The molecule has 1 aromatic heterocycles. The standard InChI is InChI=1S/C20H21N3O5/c1-6-7-15(12(3)21)18(24)22-17-11(2)14-9-8-13(27-20(26)23(4)5)10-16(14)28-19(17)25/h6-10H,1,3,21H2,2,4-5H3,(H,22,24)/b15-7+. The van der Waals surface area contributed by atoms with Crippen LogP contribution >= 0.6 is 0 Å². The fourth-order valence-corrected chi connectivity index (χ4v) is 2.36. The molecule has 8 heteroatoms. The van der Waals surface area contributed by atoms with Crippen LogP contribution in [0.25, 0.3) is 11.0 Å². The van der Waals surface area contributed by atoms with Gasteiger partial charge in [-0.2, -0.15) is 0 Å². The highest BCUT2D eigenvalue weighted by Gasteiger charge is 2.18. The maximum absolute atomic E-state index is 12.4. The zero-order valence-corrected chi connectivity index (χ0v) is 15.9. The Morgan fingerprint density at radius 1 is 1.32 bits per heavy atom. The van der Waals surface area contributed by atoms with E-state index in [2.05, 4.69) is 18.5 Å². The zero-order chi connectivity index (χ0) is 21.0. The van der Waals surface area contributed by atoms with Crippen LogP contribution in [-0.4, -0.2) is 31.0 Å². The fraction of sp³-hybridized carbons (Fsp3) is 0.150. The van der Waals surface area contributed by atoms with Gasteiger partial charge in [-0.05, 0) is 30.7 Å². The lowest BCUT2D eigenvalue weighted by atomic mass is 10.1. The number of amides is 2. The summed E-state index contributed by atoms with van der Waals surface area (Å²) in [6.45, 7) is 8.71. The maximum atomic E-state index is 12.4. The van der Waals surface area contributed by atoms with Crippen molar-refractivity contribution < 1.29 is 18.7 Å². The lowest BCUT2D eigenvalue weighted by Crippen LogP contribution is -2.25. The summed E-state index contributed by atoms with van der Waals surface area (Å²) in [5, 5.41) is 3.07. The largest absolute Gasteiger partial charge is 0.421 e. The average molecular weight is 383 g/mol. The third-order valence-corrected chi connectivity index (χ3v) is 3.82. The zero-order valence-electron chi connectivity index (χ0n) is 15.9. The van der Waals surface area contributed by atoms with Gasteiger partial charge in [-0.25, -0.2) is 9.59 Å². The number of rotatable bonds is 5. The van der Waals surface area contributed by atoms with Gasteiger partial charge in [0.1, 0.15) is 17.0 Å². The molecule has 0 bridgehead atoms. The Bertz CT molecular complexity index is 1060. The number of fused-ring (bicyclic) bond motifs is 1. The number of hydrogen-bond donors (Lipinski definition) is 2. The van der Waals surface area contributed by atoms with Crippen LogP contribution in [0.4, 0.5) is 10.5 Å². The van der Waals surface area contributed by atoms with Crippen LogP contribution in [0.15, 0.2) is 64.0 Å². The van der Waals surface area contributed by atoms with E-state index in [1.165, 1.54) is 23.1 Å². The van der Waals surface area contributed by atoms with Crippen LogP contribution in [0.3, 0.4) is 0 Å². The van der Waals surface area contributed by atoms with Gasteiger partial charge in [0.05, 0.1) is 5.57 Å². The van der Waals surface area contributed by atoms with Crippen LogP contribution in [0, 0.1) is 6.92 Å². The molecule has 2 amide bonds. The number of benzene rings is 1. The van der Waals surface area contributed by atoms with E-state index in [0.717, 1.165) is 0 Å². The molecule has 0 aliphatic rings. The van der Waals surface area contributed by atoms with Crippen LogP contribution in [0.2, 0.25) is 0 Å². The molecule has 2 rings (SSSR count). The molecule has 146 valence electrons. The van der Waals surface area contributed by atoms with Crippen molar-refractivity contribution >= 4 is 28.7 Å². The summed E-state index contributed by atoms with van der Waals surface area (Å²) in [6.07, 6.45) is 2.21. The van der Waals surface area contributed by atoms with Gasteiger partial charge in [-0.1, -0.05) is 19.2 Å². The first kappa shape index (κ1) is 20.5. The Kier molecular flexibility index (Phi) is 6.04. The number of allylic oxidation sites excluding steroid dienone is 2. The number of nitrogens with zero attached hydrogens (tertiary/aromatic N) is 1.